The van der Waals surface area contributed by atoms with Crippen molar-refractivity contribution < 1.29 is 14.3 Å². The molecule has 0 spiro atoms. The molecule has 64 valence electrons. The lowest BCUT2D eigenvalue weighted by Gasteiger charge is -2.17. The second-order valence-electron chi connectivity index (χ2n) is 2.85. The van der Waals surface area contributed by atoms with Gasteiger partial charge in [-0.25, -0.2) is 0 Å². The summed E-state index contributed by atoms with van der Waals surface area (Å²) in [5.41, 5.74) is -1.12. The summed E-state index contributed by atoms with van der Waals surface area (Å²) in [7, 11) is 0. The molecule has 3 nitrogen and oxygen atoms in total. The monoisotopic (exact) mass is 166 g/mol. The van der Waals surface area contributed by atoms with Gasteiger partial charge in [0, 0.05) is 0 Å². The van der Waals surface area contributed by atoms with Gasteiger partial charge in [-0.3, -0.25) is 9.59 Å². The minimum Gasteiger partial charge on any atom is -0.434 e. The molecule has 0 amide bonds. The molecule has 0 fully saturated rings. The predicted octanol–water partition coefficient (Wildman–Crippen LogP) is 1.21. The number of carbonyl (C=O) groups is 2. The fourth-order valence-electron chi connectivity index (χ4n) is 0.846. The Morgan fingerprint density at radius 2 is 2.17 bits per heavy atom. The first-order valence-electron chi connectivity index (χ1n) is 3.64. The lowest BCUT2D eigenvalue weighted by molar-refractivity contribution is -0.150. The third-order valence-electron chi connectivity index (χ3n) is 1.95. The van der Waals surface area contributed by atoms with E-state index in [-0.39, 0.29) is 5.78 Å². The van der Waals surface area contributed by atoms with Crippen LogP contribution in [0.15, 0.2) is 24.5 Å². The molecule has 1 atom stereocenters. The van der Waals surface area contributed by atoms with Gasteiger partial charge in [-0.15, -0.1) is 0 Å². The van der Waals surface area contributed by atoms with Gasteiger partial charge in [-0.05, 0) is 19.9 Å². The quantitative estimate of drug-likeness (QED) is 0.434. The van der Waals surface area contributed by atoms with E-state index >= 15 is 0 Å². The predicted molar refractivity (Wildman–Crippen MR) is 43.2 cm³/mol. The molecule has 0 saturated heterocycles. The Bertz CT molecular complexity index is 275. The molecule has 1 aliphatic rings. The molecule has 12 heavy (non-hydrogen) atoms. The van der Waals surface area contributed by atoms with Crippen LogP contribution < -0.4 is 0 Å². The highest BCUT2D eigenvalue weighted by Gasteiger charge is 2.37. The Morgan fingerprint density at radius 1 is 1.50 bits per heavy atom. The maximum atomic E-state index is 11.2. The summed E-state index contributed by atoms with van der Waals surface area (Å²) in [6.07, 6.45) is 6.02. The largest absolute Gasteiger partial charge is 0.434 e. The maximum Gasteiger partial charge on any atom is 0.328 e. The van der Waals surface area contributed by atoms with Gasteiger partial charge < -0.3 is 4.74 Å². The Labute approximate surface area is 70.7 Å². The zero-order valence-electron chi connectivity index (χ0n) is 7.03. The van der Waals surface area contributed by atoms with Crippen LogP contribution in [0.5, 0.6) is 0 Å². The Hall–Kier alpha value is -1.38. The Balaban J connectivity index is 3.03. The summed E-state index contributed by atoms with van der Waals surface area (Å²) in [6.45, 7) is 2.91. The summed E-state index contributed by atoms with van der Waals surface area (Å²) in [4.78, 5) is 22.3. The second-order valence-corrected chi connectivity index (χ2v) is 2.85. The van der Waals surface area contributed by atoms with E-state index in [9.17, 15) is 9.59 Å². The highest BCUT2D eigenvalue weighted by atomic mass is 16.5. The van der Waals surface area contributed by atoms with Crippen molar-refractivity contribution in [1.82, 2.24) is 0 Å². The van der Waals surface area contributed by atoms with Crippen molar-refractivity contribution in [2.24, 2.45) is 5.41 Å². The van der Waals surface area contributed by atoms with Gasteiger partial charge in [0.1, 0.15) is 5.41 Å². The summed E-state index contributed by atoms with van der Waals surface area (Å²) in [6, 6.07) is 0. The number of allylic oxidation sites excluding steroid dienone is 2. The van der Waals surface area contributed by atoms with Crippen molar-refractivity contribution in [2.75, 3.05) is 0 Å². The average molecular weight is 166 g/mol. The summed E-state index contributed by atoms with van der Waals surface area (Å²) >= 11 is 0. The van der Waals surface area contributed by atoms with E-state index in [1.807, 2.05) is 0 Å². The number of carbonyl (C=O) groups excluding carboxylic acids is 2. The van der Waals surface area contributed by atoms with Gasteiger partial charge >= 0.3 is 5.97 Å². The molecule has 0 bridgehead atoms. The van der Waals surface area contributed by atoms with E-state index in [4.69, 9.17) is 0 Å². The first-order valence-corrected chi connectivity index (χ1v) is 3.64. The zero-order chi connectivity index (χ0) is 9.19. The molecular weight excluding hydrogens is 156 g/mol. The topological polar surface area (TPSA) is 43.4 Å². The number of hydrogen-bond donors (Lipinski definition) is 0. The number of Topliss-reactive ketones (excluding diaryl/α,β-unsaturated/α-hetero) is 1. The molecule has 3 heteroatoms. The molecule has 0 aliphatic carbocycles. The van der Waals surface area contributed by atoms with E-state index in [1.54, 1.807) is 25.2 Å². The molecular formula is C9H10O3. The molecule has 0 radical (unpaired) electrons. The molecule has 0 N–H and O–H groups in total. The van der Waals surface area contributed by atoms with E-state index in [2.05, 4.69) is 4.74 Å². The van der Waals surface area contributed by atoms with Crippen molar-refractivity contribution in [3.05, 3.63) is 24.5 Å². The standard InChI is InChI=1S/C9H10O3/c1-7(10)9(2)5-3-4-6-12-8(9)11/h3-6H,1-2H3. The number of ketones is 1. The minimum atomic E-state index is -1.12. The van der Waals surface area contributed by atoms with Crippen LogP contribution >= 0.6 is 0 Å². The second kappa shape index (κ2) is 2.93. The SMILES string of the molecule is CC(=O)C1(C)C=CC=COC1=O. The first-order chi connectivity index (χ1) is 5.57. The highest BCUT2D eigenvalue weighted by Crippen LogP contribution is 2.23. The Kier molecular flexibility index (Phi) is 2.13. The smallest absolute Gasteiger partial charge is 0.328 e. The van der Waals surface area contributed by atoms with Crippen LogP contribution in [0.1, 0.15) is 13.8 Å². The molecule has 0 aromatic heterocycles. The Morgan fingerprint density at radius 3 is 2.75 bits per heavy atom. The van der Waals surface area contributed by atoms with E-state index in [1.165, 1.54) is 13.2 Å². The van der Waals surface area contributed by atoms with Crippen LogP contribution in [0.25, 0.3) is 0 Å². The van der Waals surface area contributed by atoms with Gasteiger partial charge in [-0.2, -0.15) is 0 Å². The highest BCUT2D eigenvalue weighted by molar-refractivity contribution is 6.04. The number of hydrogen-bond acceptors (Lipinski definition) is 3. The van der Waals surface area contributed by atoms with Crippen LogP contribution in [-0.2, 0) is 14.3 Å². The van der Waals surface area contributed by atoms with Crippen molar-refractivity contribution in [3.63, 3.8) is 0 Å². The van der Waals surface area contributed by atoms with Gasteiger partial charge in [0.15, 0.2) is 5.78 Å². The third-order valence-corrected chi connectivity index (χ3v) is 1.95. The maximum absolute atomic E-state index is 11.2. The van der Waals surface area contributed by atoms with Gasteiger partial charge in [0.2, 0.25) is 0 Å². The van der Waals surface area contributed by atoms with E-state index in [0.29, 0.717) is 0 Å². The van der Waals surface area contributed by atoms with Gasteiger partial charge in [0.05, 0.1) is 6.26 Å². The third kappa shape index (κ3) is 1.30. The van der Waals surface area contributed by atoms with Crippen LogP contribution in [0, 0.1) is 5.41 Å². The lowest BCUT2D eigenvalue weighted by Crippen LogP contribution is -2.33. The fraction of sp³-hybridized carbons (Fsp3) is 0.333. The van der Waals surface area contributed by atoms with E-state index < -0.39 is 11.4 Å². The van der Waals surface area contributed by atoms with Crippen molar-refractivity contribution in [3.8, 4) is 0 Å². The van der Waals surface area contributed by atoms with Crippen LogP contribution in [0.3, 0.4) is 0 Å². The molecule has 1 rings (SSSR count). The van der Waals surface area contributed by atoms with Crippen LogP contribution in [0.2, 0.25) is 0 Å². The van der Waals surface area contributed by atoms with Crippen molar-refractivity contribution in [2.45, 2.75) is 13.8 Å². The normalized spacial score (nSPS) is 28.0. The molecule has 0 aromatic carbocycles. The minimum absolute atomic E-state index is 0.215. The number of rotatable bonds is 1. The molecule has 1 aliphatic heterocycles. The van der Waals surface area contributed by atoms with Crippen molar-refractivity contribution in [1.29, 1.82) is 0 Å². The zero-order valence-corrected chi connectivity index (χ0v) is 7.03. The molecule has 0 aromatic rings. The van der Waals surface area contributed by atoms with Crippen LogP contribution in [-0.4, -0.2) is 11.8 Å². The van der Waals surface area contributed by atoms with Crippen molar-refractivity contribution >= 4 is 11.8 Å². The molecule has 1 heterocycles. The number of esters is 1. The van der Waals surface area contributed by atoms with Gasteiger partial charge in [0.25, 0.3) is 0 Å². The number of cyclic esters (lactones) is 1. The van der Waals surface area contributed by atoms with Crippen LogP contribution in [0.4, 0.5) is 0 Å². The van der Waals surface area contributed by atoms with E-state index in [0.717, 1.165) is 0 Å². The summed E-state index contributed by atoms with van der Waals surface area (Å²) in [5.74, 6) is -0.743. The molecule has 1 unspecified atom stereocenters. The number of ether oxygens (including phenoxy) is 1. The fourth-order valence-corrected chi connectivity index (χ4v) is 0.846. The summed E-state index contributed by atoms with van der Waals surface area (Å²) < 4.78 is 4.68. The summed E-state index contributed by atoms with van der Waals surface area (Å²) in [5, 5.41) is 0. The molecule has 0 saturated carbocycles. The van der Waals surface area contributed by atoms with Gasteiger partial charge in [-0.1, -0.05) is 12.2 Å². The average Bonchev–Trinajstić information content (AvgIpc) is 2.16. The lowest BCUT2D eigenvalue weighted by atomic mass is 9.86. The first kappa shape index (κ1) is 8.71.